The summed E-state index contributed by atoms with van der Waals surface area (Å²) in [5.41, 5.74) is -0.0740. The maximum absolute atomic E-state index is 16.2. The molecule has 0 aliphatic carbocycles. The fourth-order valence-electron chi connectivity index (χ4n) is 5.74. The van der Waals surface area contributed by atoms with E-state index in [2.05, 4.69) is 25.2 Å². The highest BCUT2D eigenvalue weighted by molar-refractivity contribution is 6.02. The average molecular weight is 477 g/mol. The maximum Gasteiger partial charge on any atom is 0.318 e. The summed E-state index contributed by atoms with van der Waals surface area (Å²) in [4.78, 5) is 15.6. The number of ether oxygens (including phenoxy) is 2. The van der Waals surface area contributed by atoms with Gasteiger partial charge in [-0.1, -0.05) is 12.1 Å². The fraction of sp³-hybridized carbons (Fsp3) is 0.320. The summed E-state index contributed by atoms with van der Waals surface area (Å²) in [6.07, 6.45) is 2.07. The zero-order valence-corrected chi connectivity index (χ0v) is 18.8. The number of methoxy groups -OCH3 is 1. The number of phenols is 1. The number of fused-ring (bicyclic) bond motifs is 6. The van der Waals surface area contributed by atoms with E-state index in [4.69, 9.17) is 9.47 Å². The monoisotopic (exact) mass is 477 g/mol. The second-order valence-electron chi connectivity index (χ2n) is 9.25. The van der Waals surface area contributed by atoms with Crippen LogP contribution in [0.2, 0.25) is 0 Å². The van der Waals surface area contributed by atoms with Gasteiger partial charge in [0.1, 0.15) is 40.6 Å². The van der Waals surface area contributed by atoms with Crippen LogP contribution in [0.4, 0.5) is 14.6 Å². The van der Waals surface area contributed by atoms with Crippen molar-refractivity contribution in [2.24, 2.45) is 0 Å². The van der Waals surface area contributed by atoms with Gasteiger partial charge in [-0.3, -0.25) is 0 Å². The van der Waals surface area contributed by atoms with Crippen molar-refractivity contribution in [3.05, 3.63) is 42.0 Å². The molecule has 3 aliphatic heterocycles. The van der Waals surface area contributed by atoms with Crippen LogP contribution in [0.3, 0.4) is 0 Å². The van der Waals surface area contributed by atoms with Crippen molar-refractivity contribution in [1.82, 2.24) is 20.3 Å². The van der Waals surface area contributed by atoms with Crippen LogP contribution in [0, 0.1) is 11.6 Å². The van der Waals surface area contributed by atoms with Crippen LogP contribution in [-0.4, -0.2) is 58.4 Å². The molecule has 3 atom stereocenters. The number of hydrogen-bond acceptors (Lipinski definition) is 8. The summed E-state index contributed by atoms with van der Waals surface area (Å²) in [5.74, 6) is -0.752. The van der Waals surface area contributed by atoms with Gasteiger partial charge in [-0.25, -0.2) is 13.8 Å². The molecule has 2 saturated heterocycles. The molecule has 2 N–H and O–H groups in total. The molecule has 0 saturated carbocycles. The van der Waals surface area contributed by atoms with E-state index in [1.807, 2.05) is 0 Å². The summed E-state index contributed by atoms with van der Waals surface area (Å²) in [6, 6.07) is 7.73. The summed E-state index contributed by atoms with van der Waals surface area (Å²) < 4.78 is 42.6. The molecule has 7 rings (SSSR count). The quantitative estimate of drug-likeness (QED) is 0.453. The van der Waals surface area contributed by atoms with Gasteiger partial charge < -0.3 is 24.8 Å². The lowest BCUT2D eigenvalue weighted by atomic mass is 9.99. The third-order valence-corrected chi connectivity index (χ3v) is 7.28. The summed E-state index contributed by atoms with van der Waals surface area (Å²) in [7, 11) is 1.43. The Labute approximate surface area is 198 Å². The first kappa shape index (κ1) is 20.6. The molecule has 5 heterocycles. The zero-order chi connectivity index (χ0) is 23.8. The molecule has 178 valence electrons. The minimum absolute atomic E-state index is 0.0173. The first-order valence-electron chi connectivity index (χ1n) is 11.5. The number of halogens is 2. The highest BCUT2D eigenvalue weighted by Gasteiger charge is 2.44. The number of aromatic hydroxyl groups is 1. The molecule has 0 radical (unpaired) electrons. The smallest absolute Gasteiger partial charge is 0.318 e. The number of pyridine rings is 1. The van der Waals surface area contributed by atoms with E-state index < -0.39 is 11.6 Å². The third-order valence-electron chi connectivity index (χ3n) is 7.28. The second kappa shape index (κ2) is 7.35. The Morgan fingerprint density at radius 3 is 2.89 bits per heavy atom. The molecule has 4 aromatic rings. The van der Waals surface area contributed by atoms with Crippen molar-refractivity contribution in [2.45, 2.75) is 31.0 Å². The molecular weight excluding hydrogens is 456 g/mol. The van der Waals surface area contributed by atoms with Crippen LogP contribution in [0.15, 0.2) is 30.3 Å². The van der Waals surface area contributed by atoms with Gasteiger partial charge in [0, 0.05) is 29.6 Å². The SMILES string of the molecule is COc1nc2c3c(nc(-c4cc(O)cc5cccc(F)c45)c(F)c3n1)OCC1C3CCC(CN21)N3. The van der Waals surface area contributed by atoms with Gasteiger partial charge in [0.15, 0.2) is 5.82 Å². The molecule has 2 fully saturated rings. The molecule has 2 bridgehead atoms. The Balaban J connectivity index is 1.53. The Morgan fingerprint density at radius 2 is 2.03 bits per heavy atom. The van der Waals surface area contributed by atoms with E-state index in [0.29, 0.717) is 35.8 Å². The number of phenolic OH excluding ortho intramolecular Hbond substituents is 1. The van der Waals surface area contributed by atoms with Gasteiger partial charge >= 0.3 is 6.01 Å². The summed E-state index contributed by atoms with van der Waals surface area (Å²) in [5, 5.41) is 14.9. The normalized spacial score (nSPS) is 22.7. The topological polar surface area (TPSA) is 92.6 Å². The summed E-state index contributed by atoms with van der Waals surface area (Å²) >= 11 is 0. The van der Waals surface area contributed by atoms with Gasteiger partial charge in [-0.05, 0) is 36.4 Å². The largest absolute Gasteiger partial charge is 0.508 e. The predicted octanol–water partition coefficient (Wildman–Crippen LogP) is 3.54. The van der Waals surface area contributed by atoms with E-state index in [1.54, 1.807) is 6.07 Å². The zero-order valence-electron chi connectivity index (χ0n) is 18.8. The van der Waals surface area contributed by atoms with Crippen LogP contribution in [0.25, 0.3) is 32.9 Å². The first-order valence-corrected chi connectivity index (χ1v) is 11.5. The van der Waals surface area contributed by atoms with Gasteiger partial charge in [0.2, 0.25) is 5.88 Å². The standard InChI is InChI=1S/C25H21F2N5O3/c1-34-25-30-22-19-23(31-25)32-9-12-5-6-16(28-12)17(32)10-35-24(19)29-21(20(22)27)14-8-13(33)7-11-3-2-4-15(26)18(11)14/h2-4,7-8,12,16-17,28,33H,5-6,9-10H2,1H3. The third kappa shape index (κ3) is 2.95. The molecular formula is C25H21F2N5O3. The number of aromatic nitrogens is 3. The molecule has 10 heteroatoms. The van der Waals surface area contributed by atoms with Crippen molar-refractivity contribution < 1.29 is 23.4 Å². The van der Waals surface area contributed by atoms with E-state index in [9.17, 15) is 9.50 Å². The highest BCUT2D eigenvalue weighted by Crippen LogP contribution is 2.44. The number of piperazine rings is 1. The van der Waals surface area contributed by atoms with E-state index >= 15 is 4.39 Å². The number of benzene rings is 2. The number of rotatable bonds is 2. The molecule has 3 unspecified atom stereocenters. The maximum atomic E-state index is 16.2. The van der Waals surface area contributed by atoms with E-state index in [1.165, 1.54) is 31.4 Å². The second-order valence-corrected chi connectivity index (χ2v) is 9.25. The van der Waals surface area contributed by atoms with Crippen molar-refractivity contribution in [3.63, 3.8) is 0 Å². The van der Waals surface area contributed by atoms with Crippen LogP contribution in [-0.2, 0) is 0 Å². The highest BCUT2D eigenvalue weighted by atomic mass is 19.1. The molecule has 3 aliphatic rings. The average Bonchev–Trinajstić information content (AvgIpc) is 3.17. The van der Waals surface area contributed by atoms with Crippen LogP contribution >= 0.6 is 0 Å². The number of anilines is 1. The Hall–Kier alpha value is -3.79. The lowest BCUT2D eigenvalue weighted by Crippen LogP contribution is -2.60. The Bertz CT molecular complexity index is 1530. The van der Waals surface area contributed by atoms with E-state index in [-0.39, 0.29) is 51.9 Å². The Morgan fingerprint density at radius 1 is 1.14 bits per heavy atom. The first-order chi connectivity index (χ1) is 17.0. The minimum Gasteiger partial charge on any atom is -0.508 e. The van der Waals surface area contributed by atoms with Gasteiger partial charge in [0.25, 0.3) is 0 Å². The number of hydrogen-bond donors (Lipinski definition) is 2. The molecule has 2 aromatic carbocycles. The van der Waals surface area contributed by atoms with E-state index in [0.717, 1.165) is 12.8 Å². The molecule has 35 heavy (non-hydrogen) atoms. The molecule has 0 amide bonds. The van der Waals surface area contributed by atoms with Crippen molar-refractivity contribution >= 4 is 27.5 Å². The fourth-order valence-corrected chi connectivity index (χ4v) is 5.74. The summed E-state index contributed by atoms with van der Waals surface area (Å²) in [6.45, 7) is 1.02. The molecule has 2 aromatic heterocycles. The van der Waals surface area contributed by atoms with Crippen molar-refractivity contribution in [3.8, 4) is 28.9 Å². The van der Waals surface area contributed by atoms with Crippen molar-refractivity contribution in [1.29, 1.82) is 0 Å². The lowest BCUT2D eigenvalue weighted by molar-refractivity contribution is 0.238. The van der Waals surface area contributed by atoms with Gasteiger partial charge in [0.05, 0.1) is 13.2 Å². The number of nitrogens with zero attached hydrogens (tertiary/aromatic N) is 4. The molecule has 8 nitrogen and oxygen atoms in total. The van der Waals surface area contributed by atoms with Gasteiger partial charge in [-0.2, -0.15) is 9.97 Å². The van der Waals surface area contributed by atoms with Crippen LogP contribution in [0.1, 0.15) is 12.8 Å². The Kier molecular flexibility index (Phi) is 4.32. The van der Waals surface area contributed by atoms with Crippen molar-refractivity contribution in [2.75, 3.05) is 25.2 Å². The van der Waals surface area contributed by atoms with Gasteiger partial charge in [-0.15, -0.1) is 0 Å². The van der Waals surface area contributed by atoms with Crippen LogP contribution in [0.5, 0.6) is 17.6 Å². The molecule has 0 spiro atoms. The minimum atomic E-state index is -0.763. The lowest BCUT2D eigenvalue weighted by Gasteiger charge is -2.40. The predicted molar refractivity (Wildman–Crippen MR) is 125 cm³/mol. The number of nitrogens with one attached hydrogen (secondary N) is 1. The van der Waals surface area contributed by atoms with Crippen LogP contribution < -0.4 is 19.7 Å².